The van der Waals surface area contributed by atoms with Crippen LogP contribution in [0.5, 0.6) is 23.0 Å². The van der Waals surface area contributed by atoms with Gasteiger partial charge in [0.1, 0.15) is 11.6 Å². The smallest absolute Gasteiger partial charge is 0.228 e. The van der Waals surface area contributed by atoms with E-state index in [2.05, 4.69) is 9.97 Å². The third kappa shape index (κ3) is 6.37. The summed E-state index contributed by atoms with van der Waals surface area (Å²) in [6.07, 6.45) is 0.297. The van der Waals surface area contributed by atoms with Crippen molar-refractivity contribution < 1.29 is 28.5 Å². The number of hydrogen-bond acceptors (Lipinski definition) is 14. The summed E-state index contributed by atoms with van der Waals surface area (Å²) in [7, 11) is 6.25. The number of hydrogen-bond donors (Lipinski definition) is 2. The van der Waals surface area contributed by atoms with Gasteiger partial charge in [-0.05, 0) is 12.1 Å². The third-order valence-corrected chi connectivity index (χ3v) is 8.82. The Morgan fingerprint density at radius 3 is 1.23 bits per heavy atom. The largest absolute Gasteiger partial charge is 0.493 e. The lowest BCUT2D eigenvalue weighted by Gasteiger charge is -2.36. The van der Waals surface area contributed by atoms with Gasteiger partial charge in [0.05, 0.1) is 39.5 Å². The lowest BCUT2D eigenvalue weighted by atomic mass is 10.2. The molecule has 48 heavy (non-hydrogen) atoms. The summed E-state index contributed by atoms with van der Waals surface area (Å²) in [5, 5.41) is 1.34. The molecule has 0 saturated carbocycles. The molecule has 16 nitrogen and oxygen atoms in total. The first kappa shape index (κ1) is 32.4. The highest BCUT2D eigenvalue weighted by molar-refractivity contribution is 5.93. The van der Waals surface area contributed by atoms with Crippen LogP contribution >= 0.6 is 0 Å². The number of carbonyl (C=O) groups excluding carboxylic acids is 2. The average Bonchev–Trinajstić information content (AvgIpc) is 3.12. The van der Waals surface area contributed by atoms with Gasteiger partial charge in [-0.15, -0.1) is 0 Å². The first-order valence-corrected chi connectivity index (χ1v) is 15.7. The molecule has 2 fully saturated rings. The SMILES string of the molecule is COc1cc2nc(N3CCN(C(=O)CCC(=O)N4CCN(c5nc(N)c6cc(OC)c(OC)cc6n5)CC4)CC3)nc(N)c2cc1OC. The summed E-state index contributed by atoms with van der Waals surface area (Å²) >= 11 is 0. The highest BCUT2D eigenvalue weighted by Crippen LogP contribution is 2.35. The maximum absolute atomic E-state index is 13.1. The molecule has 2 aliphatic rings. The molecule has 2 aromatic carbocycles. The monoisotopic (exact) mass is 660 g/mol. The Bertz CT molecular complexity index is 1710. The van der Waals surface area contributed by atoms with Crippen molar-refractivity contribution in [2.75, 3.05) is 102 Å². The molecule has 6 rings (SSSR count). The molecule has 4 aromatic rings. The van der Waals surface area contributed by atoms with Crippen LogP contribution in [0.15, 0.2) is 24.3 Å². The summed E-state index contributed by atoms with van der Waals surface area (Å²) in [5.41, 5.74) is 13.8. The number of aromatic nitrogens is 4. The van der Waals surface area contributed by atoms with Crippen LogP contribution in [-0.4, -0.2) is 122 Å². The number of carbonyl (C=O) groups is 2. The van der Waals surface area contributed by atoms with Crippen LogP contribution < -0.4 is 40.2 Å². The van der Waals surface area contributed by atoms with Gasteiger partial charge in [-0.1, -0.05) is 0 Å². The van der Waals surface area contributed by atoms with Crippen molar-refractivity contribution in [2.45, 2.75) is 12.8 Å². The fraction of sp³-hybridized carbons (Fsp3) is 0.438. The molecule has 0 atom stereocenters. The first-order valence-electron chi connectivity index (χ1n) is 15.7. The van der Waals surface area contributed by atoms with Crippen LogP contribution in [0.25, 0.3) is 21.8 Å². The fourth-order valence-electron chi connectivity index (χ4n) is 6.06. The maximum Gasteiger partial charge on any atom is 0.228 e. The van der Waals surface area contributed by atoms with Crippen molar-refractivity contribution in [1.29, 1.82) is 0 Å². The molecule has 0 radical (unpaired) electrons. The van der Waals surface area contributed by atoms with Crippen molar-refractivity contribution in [3.63, 3.8) is 0 Å². The Morgan fingerprint density at radius 1 is 0.562 bits per heavy atom. The minimum absolute atomic E-state index is 0.0514. The molecular weight excluding hydrogens is 620 g/mol. The summed E-state index contributed by atoms with van der Waals surface area (Å²) < 4.78 is 21.6. The number of methoxy groups -OCH3 is 4. The van der Waals surface area contributed by atoms with Crippen LogP contribution in [0.3, 0.4) is 0 Å². The number of nitrogen functional groups attached to an aromatic ring is 2. The maximum atomic E-state index is 13.1. The zero-order valence-corrected chi connectivity index (χ0v) is 27.6. The summed E-state index contributed by atoms with van der Waals surface area (Å²) in [6, 6.07) is 7.07. The van der Waals surface area contributed by atoms with Crippen LogP contribution in [0.4, 0.5) is 23.5 Å². The molecule has 0 unspecified atom stereocenters. The van der Waals surface area contributed by atoms with Gasteiger partial charge in [0.2, 0.25) is 23.7 Å². The molecule has 2 saturated heterocycles. The number of ether oxygens (including phenoxy) is 4. The van der Waals surface area contributed by atoms with Gasteiger partial charge in [-0.25, -0.2) is 9.97 Å². The van der Waals surface area contributed by atoms with Crippen molar-refractivity contribution in [3.8, 4) is 23.0 Å². The van der Waals surface area contributed by atoms with Crippen LogP contribution in [0.1, 0.15) is 12.8 Å². The van der Waals surface area contributed by atoms with Crippen LogP contribution in [0, 0.1) is 0 Å². The average molecular weight is 661 g/mol. The van der Waals surface area contributed by atoms with E-state index < -0.39 is 0 Å². The van der Waals surface area contributed by atoms with E-state index in [0.717, 1.165) is 0 Å². The van der Waals surface area contributed by atoms with Gasteiger partial charge in [-0.2, -0.15) is 9.97 Å². The van der Waals surface area contributed by atoms with E-state index in [4.69, 9.17) is 40.4 Å². The Balaban J connectivity index is 0.995. The third-order valence-electron chi connectivity index (χ3n) is 8.82. The molecule has 254 valence electrons. The summed E-state index contributed by atoms with van der Waals surface area (Å²) in [5.74, 6) is 3.75. The standard InChI is InChI=1S/C32H40N10O6/c1-45-23-15-19-21(17-25(23)47-3)35-31(37-29(19)33)41-11-7-39(8-12-41)27(43)5-6-28(44)40-9-13-42(14-10-40)32-36-22-18-26(48-4)24(46-2)16-20(22)30(34)38-32/h15-18H,5-14H2,1-4H3,(H2,33,35,37)(H2,34,36,38). The van der Waals surface area contributed by atoms with Gasteiger partial charge >= 0.3 is 0 Å². The Kier molecular flexibility index (Phi) is 9.23. The minimum atomic E-state index is -0.0514. The zero-order chi connectivity index (χ0) is 33.9. The molecular formula is C32H40N10O6. The predicted molar refractivity (Wildman–Crippen MR) is 181 cm³/mol. The molecule has 2 aliphatic heterocycles. The van der Waals surface area contributed by atoms with Crippen LogP contribution in [-0.2, 0) is 9.59 Å². The molecule has 2 amide bonds. The van der Waals surface area contributed by atoms with Crippen molar-refractivity contribution in [1.82, 2.24) is 29.7 Å². The lowest BCUT2D eigenvalue weighted by molar-refractivity contribution is -0.137. The number of nitrogens with zero attached hydrogens (tertiary/aromatic N) is 8. The molecule has 0 spiro atoms. The quantitative estimate of drug-likeness (QED) is 0.263. The topological polar surface area (TPSA) is 188 Å². The Labute approximate surface area is 277 Å². The van der Waals surface area contributed by atoms with E-state index in [1.165, 1.54) is 0 Å². The van der Waals surface area contributed by atoms with Crippen LogP contribution in [0.2, 0.25) is 0 Å². The number of amides is 2. The van der Waals surface area contributed by atoms with E-state index in [1.807, 2.05) is 9.80 Å². The van der Waals surface area contributed by atoms with E-state index in [-0.39, 0.29) is 24.7 Å². The van der Waals surface area contributed by atoms with Crippen molar-refractivity contribution in [3.05, 3.63) is 24.3 Å². The highest BCUT2D eigenvalue weighted by atomic mass is 16.5. The number of fused-ring (bicyclic) bond motifs is 2. The number of rotatable bonds is 9. The van der Waals surface area contributed by atoms with E-state index in [0.29, 0.717) is 121 Å². The first-order chi connectivity index (χ1) is 23.2. The van der Waals surface area contributed by atoms with E-state index >= 15 is 0 Å². The number of anilines is 4. The molecule has 16 heteroatoms. The molecule has 4 heterocycles. The summed E-state index contributed by atoms with van der Waals surface area (Å²) in [4.78, 5) is 52.1. The number of nitrogens with two attached hydrogens (primary N) is 2. The van der Waals surface area contributed by atoms with Crippen molar-refractivity contribution in [2.24, 2.45) is 0 Å². The zero-order valence-electron chi connectivity index (χ0n) is 27.6. The second-order valence-corrected chi connectivity index (χ2v) is 11.5. The summed E-state index contributed by atoms with van der Waals surface area (Å²) in [6.45, 7) is 4.14. The normalized spacial score (nSPS) is 15.2. The fourth-order valence-corrected chi connectivity index (χ4v) is 6.06. The Morgan fingerprint density at radius 2 is 0.896 bits per heavy atom. The van der Waals surface area contributed by atoms with Gasteiger partial charge in [0.25, 0.3) is 0 Å². The van der Waals surface area contributed by atoms with E-state index in [9.17, 15) is 9.59 Å². The van der Waals surface area contributed by atoms with Gasteiger partial charge in [-0.3, -0.25) is 9.59 Å². The lowest BCUT2D eigenvalue weighted by Crippen LogP contribution is -2.50. The highest BCUT2D eigenvalue weighted by Gasteiger charge is 2.27. The van der Waals surface area contributed by atoms with Crippen molar-refractivity contribution >= 4 is 57.2 Å². The minimum Gasteiger partial charge on any atom is -0.493 e. The molecule has 4 N–H and O–H groups in total. The Hall–Kier alpha value is -5.54. The second-order valence-electron chi connectivity index (χ2n) is 11.5. The molecule has 0 bridgehead atoms. The number of piperazine rings is 2. The molecule has 0 aliphatic carbocycles. The van der Waals surface area contributed by atoms with Gasteiger partial charge in [0.15, 0.2) is 23.0 Å². The predicted octanol–water partition coefficient (Wildman–Crippen LogP) is 1.55. The van der Waals surface area contributed by atoms with Gasteiger partial charge < -0.3 is 50.0 Å². The molecule has 2 aromatic heterocycles. The second kappa shape index (κ2) is 13.7. The number of benzene rings is 2. The van der Waals surface area contributed by atoms with E-state index in [1.54, 1.807) is 62.5 Å². The van der Waals surface area contributed by atoms with Gasteiger partial charge in [0, 0.05) is 88.1 Å².